The average molecular weight is 552 g/mol. The van der Waals surface area contributed by atoms with E-state index in [1.54, 1.807) is 36.4 Å². The molecular weight excluding hydrogens is 527 g/mol. The lowest BCUT2D eigenvalue weighted by atomic mass is 10.2. The number of urea groups is 1. The molecule has 0 saturated heterocycles. The fourth-order valence-corrected chi connectivity index (χ4v) is 3.78. The number of nitrogens with zero attached hydrogens (tertiary/aromatic N) is 1. The summed E-state index contributed by atoms with van der Waals surface area (Å²) in [5.41, 5.74) is 2.74. The average Bonchev–Trinajstić information content (AvgIpc) is 2.68. The maximum Gasteiger partial charge on any atom is 0.323 e. The van der Waals surface area contributed by atoms with Gasteiger partial charge in [-0.15, -0.1) is 0 Å². The van der Waals surface area contributed by atoms with Gasteiger partial charge in [0.25, 0.3) is 10.0 Å². The van der Waals surface area contributed by atoms with Crippen molar-refractivity contribution in [2.24, 2.45) is 0 Å². The van der Waals surface area contributed by atoms with Gasteiger partial charge in [0.05, 0.1) is 26.0 Å². The summed E-state index contributed by atoms with van der Waals surface area (Å²) in [5, 5.41) is 5.45. The number of nitrogens with one attached hydrogen (secondary N) is 3. The van der Waals surface area contributed by atoms with Crippen LogP contribution in [0, 0.1) is 0 Å². The topological polar surface area (TPSA) is 87.3 Å². The number of benzene rings is 3. The van der Waals surface area contributed by atoms with Crippen LogP contribution in [-0.2, 0) is 10.0 Å². The number of hydrogen-bond acceptors (Lipinski definition) is 3. The summed E-state index contributed by atoms with van der Waals surface area (Å²) in [4.78, 5) is 12.3. The zero-order chi connectivity index (χ0) is 21.8. The van der Waals surface area contributed by atoms with Crippen molar-refractivity contribution in [1.29, 1.82) is 0 Å². The molecule has 0 bridgehead atoms. The van der Waals surface area contributed by atoms with Gasteiger partial charge in [0.1, 0.15) is 5.69 Å². The number of para-hydroxylation sites is 1. The van der Waals surface area contributed by atoms with Crippen LogP contribution in [0.3, 0.4) is 0 Å². The van der Waals surface area contributed by atoms with E-state index in [4.69, 9.17) is 0 Å². The van der Waals surface area contributed by atoms with Crippen LogP contribution in [0.15, 0.2) is 83.8 Å². The third kappa shape index (κ3) is 6.94. The number of amides is 2. The highest BCUT2D eigenvalue weighted by Gasteiger charge is 2.15. The van der Waals surface area contributed by atoms with Gasteiger partial charge in [-0.05, 0) is 48.5 Å². The molecule has 0 aliphatic heterocycles. The number of quaternary nitrogens is 1. The second kappa shape index (κ2) is 10.1. The summed E-state index contributed by atoms with van der Waals surface area (Å²) in [6, 6.07) is 21.8. The Kier molecular flexibility index (Phi) is 8.04. The molecule has 0 unspecified atom stereocenters. The van der Waals surface area contributed by atoms with Crippen LogP contribution in [0.5, 0.6) is 0 Å². The van der Waals surface area contributed by atoms with Gasteiger partial charge in [0, 0.05) is 29.2 Å². The van der Waals surface area contributed by atoms with Gasteiger partial charge in [-0.2, -0.15) is 0 Å². The molecule has 3 aromatic rings. The van der Waals surface area contributed by atoms with Crippen molar-refractivity contribution in [2.45, 2.75) is 4.90 Å². The molecule has 7 nitrogen and oxygen atoms in total. The van der Waals surface area contributed by atoms with Crippen molar-refractivity contribution in [2.75, 3.05) is 36.5 Å². The molecule has 3 N–H and O–H groups in total. The van der Waals surface area contributed by atoms with Crippen molar-refractivity contribution >= 4 is 38.8 Å². The van der Waals surface area contributed by atoms with Crippen molar-refractivity contribution < 1.29 is 37.2 Å². The van der Waals surface area contributed by atoms with E-state index < -0.39 is 16.1 Å². The molecule has 0 aromatic heterocycles. The third-order valence-corrected chi connectivity index (χ3v) is 5.75. The highest BCUT2D eigenvalue weighted by molar-refractivity contribution is 7.92. The zero-order valence-electron chi connectivity index (χ0n) is 17.5. The second-order valence-electron chi connectivity index (χ2n) is 7.63. The lowest BCUT2D eigenvalue weighted by Crippen LogP contribution is -3.00. The monoisotopic (exact) mass is 552 g/mol. The van der Waals surface area contributed by atoms with Gasteiger partial charge < -0.3 is 34.6 Å². The maximum atomic E-state index is 12.5. The van der Waals surface area contributed by atoms with Gasteiger partial charge in [0.2, 0.25) is 0 Å². The number of sulfonamides is 1. The molecule has 0 radical (unpaired) electrons. The molecule has 0 fully saturated rings. The molecule has 3 aromatic carbocycles. The fraction of sp³-hybridized carbons (Fsp3) is 0.136. The molecule has 0 heterocycles. The molecule has 0 spiro atoms. The van der Waals surface area contributed by atoms with E-state index in [9.17, 15) is 13.2 Å². The minimum Gasteiger partial charge on any atom is -1.00 e. The lowest BCUT2D eigenvalue weighted by Gasteiger charge is -2.23. The highest BCUT2D eigenvalue weighted by Crippen LogP contribution is 2.21. The Morgan fingerprint density at radius 1 is 0.710 bits per heavy atom. The van der Waals surface area contributed by atoms with E-state index in [1.165, 1.54) is 12.1 Å². The first-order valence-corrected chi connectivity index (χ1v) is 10.8. The predicted molar refractivity (Wildman–Crippen MR) is 122 cm³/mol. The smallest absolute Gasteiger partial charge is 0.323 e. The summed E-state index contributed by atoms with van der Waals surface area (Å²) >= 11 is 0. The lowest BCUT2D eigenvalue weighted by molar-refractivity contribution is -0.0000116. The van der Waals surface area contributed by atoms with E-state index in [1.807, 2.05) is 30.3 Å². The van der Waals surface area contributed by atoms with Crippen LogP contribution in [0.4, 0.5) is 27.5 Å². The quantitative estimate of drug-likeness (QED) is 0.319. The van der Waals surface area contributed by atoms with E-state index in [2.05, 4.69) is 36.5 Å². The van der Waals surface area contributed by atoms with Crippen LogP contribution < -0.4 is 43.8 Å². The summed E-state index contributed by atoms with van der Waals surface area (Å²) in [6.07, 6.45) is 0. The van der Waals surface area contributed by atoms with Crippen LogP contribution >= 0.6 is 0 Å². The van der Waals surface area contributed by atoms with Crippen LogP contribution in [0.2, 0.25) is 0 Å². The number of halogens is 1. The molecule has 9 heteroatoms. The Morgan fingerprint density at radius 2 is 1.19 bits per heavy atom. The normalized spacial score (nSPS) is 11.2. The molecule has 0 atom stereocenters. The molecule has 0 saturated carbocycles. The van der Waals surface area contributed by atoms with Gasteiger partial charge in [-0.25, -0.2) is 13.2 Å². The number of carbonyl (C=O) groups is 1. The van der Waals surface area contributed by atoms with Gasteiger partial charge >= 0.3 is 6.03 Å². The highest BCUT2D eigenvalue weighted by atomic mass is 127. The largest absolute Gasteiger partial charge is 1.00 e. The van der Waals surface area contributed by atoms with Crippen LogP contribution in [-0.4, -0.2) is 35.6 Å². The van der Waals surface area contributed by atoms with Crippen LogP contribution in [0.1, 0.15) is 0 Å². The SMILES string of the molecule is C[N+](C)(C)c1ccc(NC(=O)Nc2ccc(S(=O)(=O)Nc3ccccc3)cc2)cc1.[I-]. The summed E-state index contributed by atoms with van der Waals surface area (Å²) in [5.74, 6) is 0. The number of rotatable bonds is 6. The van der Waals surface area contributed by atoms with Crippen LogP contribution in [0.25, 0.3) is 0 Å². The third-order valence-electron chi connectivity index (χ3n) is 4.35. The van der Waals surface area contributed by atoms with E-state index in [0.717, 1.165) is 5.69 Å². The minimum absolute atomic E-state index is 0. The number of carbonyl (C=O) groups excluding carboxylic acids is 1. The van der Waals surface area contributed by atoms with E-state index in [-0.39, 0.29) is 28.9 Å². The maximum absolute atomic E-state index is 12.5. The molecule has 164 valence electrons. The van der Waals surface area contributed by atoms with Gasteiger partial charge in [0.15, 0.2) is 0 Å². The summed E-state index contributed by atoms with van der Waals surface area (Å²) < 4.78 is 28.1. The van der Waals surface area contributed by atoms with Crippen molar-refractivity contribution in [3.63, 3.8) is 0 Å². The predicted octanol–water partition coefficient (Wildman–Crippen LogP) is 1.33. The van der Waals surface area contributed by atoms with Crippen molar-refractivity contribution in [3.05, 3.63) is 78.9 Å². The Bertz CT molecular complexity index is 1110. The first-order valence-electron chi connectivity index (χ1n) is 9.31. The Balaban J connectivity index is 0.00000341. The molecule has 31 heavy (non-hydrogen) atoms. The molecule has 3 rings (SSSR count). The van der Waals surface area contributed by atoms with Crippen molar-refractivity contribution in [1.82, 2.24) is 4.48 Å². The second-order valence-corrected chi connectivity index (χ2v) is 9.32. The standard InChI is InChI=1S/C22H24N4O3S.HI/c1-26(2,3)20-13-9-17(10-14-20)23-22(27)24-18-11-15-21(16-12-18)30(28,29)25-19-7-5-4-6-8-19;/h4-16,25H,1-3H3,(H-,23,24,27);1H. The Labute approximate surface area is 200 Å². The Morgan fingerprint density at radius 3 is 1.68 bits per heavy atom. The molecule has 2 amide bonds. The minimum atomic E-state index is -3.70. The van der Waals surface area contributed by atoms with E-state index in [0.29, 0.717) is 21.5 Å². The van der Waals surface area contributed by atoms with Gasteiger partial charge in [-0.3, -0.25) is 9.21 Å². The first-order chi connectivity index (χ1) is 14.1. The summed E-state index contributed by atoms with van der Waals surface area (Å²) in [6.45, 7) is 0. The molecular formula is C22H25IN4O3S. The molecule has 0 aliphatic rings. The number of anilines is 3. The zero-order valence-corrected chi connectivity index (χ0v) is 20.4. The first kappa shape index (κ1) is 24.6. The fourth-order valence-electron chi connectivity index (χ4n) is 2.72. The Hall–Kier alpha value is -2.63. The van der Waals surface area contributed by atoms with Gasteiger partial charge in [-0.1, -0.05) is 18.2 Å². The molecule has 0 aliphatic carbocycles. The van der Waals surface area contributed by atoms with Crippen molar-refractivity contribution in [3.8, 4) is 0 Å². The summed E-state index contributed by atoms with van der Waals surface area (Å²) in [7, 11) is 2.49. The van der Waals surface area contributed by atoms with E-state index >= 15 is 0 Å². The number of hydrogen-bond donors (Lipinski definition) is 3.